The summed E-state index contributed by atoms with van der Waals surface area (Å²) in [5, 5.41) is 10.3. The van der Waals surface area contributed by atoms with Gasteiger partial charge in [-0.2, -0.15) is 0 Å². The van der Waals surface area contributed by atoms with Crippen molar-refractivity contribution in [1.29, 1.82) is 0 Å². The second kappa shape index (κ2) is 13.3. The molecular formula is C35H36IrNO3-. The Balaban J connectivity index is 0.000000272. The summed E-state index contributed by atoms with van der Waals surface area (Å²) in [6, 6.07) is 23.3. The van der Waals surface area contributed by atoms with Crippen molar-refractivity contribution in [2.45, 2.75) is 54.4 Å². The standard InChI is InChI=1S/C24H16NO.C11H20O2.Ir/c1-14-10-15(2)12-16(11-14)22-13-20-23-18(8-5-9-21(23)25-22)17-6-3-4-7-19(17)24(20)26;1-8(2)5-10(12)7-11(13)6-9(3)4;/h3-11,13H,1-2H3;7-9,12H,5-6H2,1-4H3;/q-1;;/b;10-7-;. The summed E-state index contributed by atoms with van der Waals surface area (Å²) in [6.45, 7) is 12.1. The Bertz CT molecular complexity index is 1560. The number of aliphatic hydroxyl groups is 1. The van der Waals surface area contributed by atoms with Gasteiger partial charge >= 0.3 is 0 Å². The van der Waals surface area contributed by atoms with E-state index in [2.05, 4.69) is 31.2 Å². The first-order valence-electron chi connectivity index (χ1n) is 13.5. The minimum Gasteiger partial charge on any atom is -0.512 e. The molecule has 4 aromatic rings. The molecule has 0 aliphatic heterocycles. The maximum absolute atomic E-state index is 13.2. The average Bonchev–Trinajstić information content (AvgIpc) is 2.85. The van der Waals surface area contributed by atoms with Gasteiger partial charge in [0.25, 0.3) is 0 Å². The van der Waals surface area contributed by atoms with E-state index in [-0.39, 0.29) is 37.4 Å². The van der Waals surface area contributed by atoms with Gasteiger partial charge in [-0.15, -0.1) is 34.9 Å². The molecule has 0 saturated heterocycles. The number of pyridine rings is 1. The molecule has 0 atom stereocenters. The van der Waals surface area contributed by atoms with Crippen LogP contribution in [0.3, 0.4) is 0 Å². The summed E-state index contributed by atoms with van der Waals surface area (Å²) in [7, 11) is 0. The fourth-order valence-electron chi connectivity index (χ4n) is 5.05. The minimum absolute atomic E-state index is 0. The Morgan fingerprint density at radius 2 is 1.52 bits per heavy atom. The van der Waals surface area contributed by atoms with Gasteiger partial charge in [-0.1, -0.05) is 84.0 Å². The molecule has 1 aliphatic rings. The summed E-state index contributed by atoms with van der Waals surface area (Å²) in [5.41, 5.74) is 8.37. The zero-order valence-corrected chi connectivity index (χ0v) is 26.4. The molecule has 3 aromatic carbocycles. The van der Waals surface area contributed by atoms with Gasteiger partial charge in [-0.05, 0) is 34.7 Å². The molecule has 0 saturated carbocycles. The van der Waals surface area contributed by atoms with Crippen LogP contribution in [0.4, 0.5) is 0 Å². The van der Waals surface area contributed by atoms with Crippen LogP contribution in [-0.2, 0) is 24.9 Å². The maximum atomic E-state index is 13.2. The van der Waals surface area contributed by atoms with E-state index in [9.17, 15) is 14.7 Å². The van der Waals surface area contributed by atoms with Crippen molar-refractivity contribution in [2.75, 3.05) is 0 Å². The molecule has 0 bridgehead atoms. The molecule has 1 aromatic heterocycles. The molecule has 0 spiro atoms. The van der Waals surface area contributed by atoms with Crippen molar-refractivity contribution in [3.63, 3.8) is 0 Å². The van der Waals surface area contributed by atoms with Crippen molar-refractivity contribution in [3.8, 4) is 22.4 Å². The Morgan fingerprint density at radius 3 is 2.17 bits per heavy atom. The summed E-state index contributed by atoms with van der Waals surface area (Å²) >= 11 is 0. The van der Waals surface area contributed by atoms with Gasteiger partial charge < -0.3 is 5.11 Å². The molecule has 5 rings (SSSR count). The SMILES string of the molecule is CC(C)CC(=O)/C=C(\O)CC(C)C.Cc1[c-]c(-c2cc3c4c(cccc4n2)-c2ccccc2C3=O)cc(C)c1.[Ir]. The molecule has 209 valence electrons. The van der Waals surface area contributed by atoms with Crippen LogP contribution in [0.2, 0.25) is 0 Å². The van der Waals surface area contributed by atoms with Crippen molar-refractivity contribution in [3.05, 3.63) is 101 Å². The van der Waals surface area contributed by atoms with Crippen molar-refractivity contribution >= 4 is 22.5 Å². The summed E-state index contributed by atoms with van der Waals surface area (Å²) in [6.07, 6.45) is 2.46. The first-order chi connectivity index (χ1) is 18.5. The first-order valence-corrected chi connectivity index (χ1v) is 13.5. The molecule has 0 unspecified atom stereocenters. The van der Waals surface area contributed by atoms with Crippen LogP contribution < -0.4 is 0 Å². The van der Waals surface area contributed by atoms with E-state index >= 15 is 0 Å². The van der Waals surface area contributed by atoms with E-state index in [1.54, 1.807) is 0 Å². The Hall–Kier alpha value is -3.40. The van der Waals surface area contributed by atoms with Gasteiger partial charge in [0.1, 0.15) is 0 Å². The number of aryl methyl sites for hydroxylation is 2. The van der Waals surface area contributed by atoms with Gasteiger partial charge in [-0.25, -0.2) is 0 Å². The minimum atomic E-state index is 0. The van der Waals surface area contributed by atoms with E-state index in [1.165, 1.54) is 6.08 Å². The zero-order chi connectivity index (χ0) is 28.3. The predicted molar refractivity (Wildman–Crippen MR) is 159 cm³/mol. The summed E-state index contributed by atoms with van der Waals surface area (Å²) in [4.78, 5) is 29.2. The number of ketones is 2. The number of carbonyl (C=O) groups is 2. The molecule has 1 heterocycles. The van der Waals surface area contributed by atoms with Crippen LogP contribution in [0.15, 0.2) is 72.5 Å². The number of benzene rings is 3. The molecule has 5 heteroatoms. The third-order valence-electron chi connectivity index (χ3n) is 6.52. The van der Waals surface area contributed by atoms with Gasteiger partial charge in [0.15, 0.2) is 11.6 Å². The molecule has 4 nitrogen and oxygen atoms in total. The number of rotatable bonds is 6. The largest absolute Gasteiger partial charge is 0.512 e. The van der Waals surface area contributed by atoms with Crippen LogP contribution in [-0.4, -0.2) is 21.7 Å². The van der Waals surface area contributed by atoms with E-state index in [0.717, 1.165) is 55.5 Å². The number of fused-ring (bicyclic) bond motifs is 2. The van der Waals surface area contributed by atoms with Crippen LogP contribution in [0.25, 0.3) is 33.3 Å². The average molecular weight is 711 g/mol. The molecule has 1 aliphatic carbocycles. The van der Waals surface area contributed by atoms with E-state index < -0.39 is 0 Å². The number of hydrogen-bond donors (Lipinski definition) is 1. The normalized spacial score (nSPS) is 12.1. The number of hydrogen-bond acceptors (Lipinski definition) is 4. The molecule has 40 heavy (non-hydrogen) atoms. The Labute approximate surface area is 250 Å². The molecule has 1 radical (unpaired) electrons. The summed E-state index contributed by atoms with van der Waals surface area (Å²) in [5.74, 6) is 1.05. The van der Waals surface area contributed by atoms with Gasteiger partial charge in [0, 0.05) is 55.5 Å². The number of nitrogens with zero attached hydrogens (tertiary/aromatic N) is 1. The first kappa shape index (κ1) is 31.1. The maximum Gasteiger partial charge on any atom is 0.193 e. The number of carbonyl (C=O) groups excluding carboxylic acids is 2. The van der Waals surface area contributed by atoms with Crippen molar-refractivity contribution in [2.24, 2.45) is 11.8 Å². The number of aromatic nitrogens is 1. The van der Waals surface area contributed by atoms with Gasteiger partial charge in [-0.3, -0.25) is 14.6 Å². The quantitative estimate of drug-likeness (QED) is 0.109. The van der Waals surface area contributed by atoms with E-state index in [1.807, 2.05) is 77.1 Å². The number of allylic oxidation sites excluding steroid dienone is 2. The van der Waals surface area contributed by atoms with E-state index in [0.29, 0.717) is 24.7 Å². The molecular weight excluding hydrogens is 675 g/mol. The van der Waals surface area contributed by atoms with Crippen molar-refractivity contribution < 1.29 is 34.8 Å². The third kappa shape index (κ3) is 7.21. The van der Waals surface area contributed by atoms with Gasteiger partial charge in [0.05, 0.1) is 11.3 Å². The van der Waals surface area contributed by atoms with Crippen LogP contribution in [0, 0.1) is 31.7 Å². The zero-order valence-electron chi connectivity index (χ0n) is 24.0. The summed E-state index contributed by atoms with van der Waals surface area (Å²) < 4.78 is 0. The van der Waals surface area contributed by atoms with Crippen LogP contribution >= 0.6 is 0 Å². The number of aliphatic hydroxyl groups excluding tert-OH is 1. The predicted octanol–water partition coefficient (Wildman–Crippen LogP) is 8.62. The smallest absolute Gasteiger partial charge is 0.193 e. The molecule has 1 N–H and O–H groups in total. The second-order valence-electron chi connectivity index (χ2n) is 11.2. The third-order valence-corrected chi connectivity index (χ3v) is 6.52. The topological polar surface area (TPSA) is 67.3 Å². The van der Waals surface area contributed by atoms with Crippen molar-refractivity contribution in [1.82, 2.24) is 4.98 Å². The fourth-order valence-corrected chi connectivity index (χ4v) is 5.05. The van der Waals surface area contributed by atoms with Gasteiger partial charge in [0.2, 0.25) is 0 Å². The monoisotopic (exact) mass is 711 g/mol. The Kier molecular flexibility index (Phi) is 10.4. The Morgan fingerprint density at radius 1 is 0.875 bits per heavy atom. The van der Waals surface area contributed by atoms with Crippen LogP contribution in [0.5, 0.6) is 0 Å². The van der Waals surface area contributed by atoms with Crippen LogP contribution in [0.1, 0.15) is 67.6 Å². The molecule has 0 fully saturated rings. The van der Waals surface area contributed by atoms with E-state index in [4.69, 9.17) is 4.98 Å². The fraction of sp³-hybridized carbons (Fsp3) is 0.286. The second-order valence-corrected chi connectivity index (χ2v) is 11.2. The molecule has 0 amide bonds.